The van der Waals surface area contributed by atoms with Gasteiger partial charge in [0.05, 0.1) is 11.1 Å². The van der Waals surface area contributed by atoms with Gasteiger partial charge in [-0.1, -0.05) is 13.2 Å². The SMILES string of the molecule is C=C1C(=O)OC(=O)C(C)=C1C1=C(C)C(=O)OC(=O)C1=C. The maximum Gasteiger partial charge on any atom is 0.346 e. The molecule has 0 bridgehead atoms. The number of rotatable bonds is 1. The molecule has 0 unspecified atom stereocenters. The van der Waals surface area contributed by atoms with Crippen molar-refractivity contribution in [3.63, 3.8) is 0 Å². The largest absolute Gasteiger partial charge is 0.386 e. The second-order valence-corrected chi connectivity index (χ2v) is 4.31. The topological polar surface area (TPSA) is 86.7 Å². The minimum absolute atomic E-state index is 0.0765. The molecule has 0 aromatic rings. The van der Waals surface area contributed by atoms with Crippen LogP contribution in [0.5, 0.6) is 0 Å². The van der Waals surface area contributed by atoms with Gasteiger partial charge in [0.1, 0.15) is 0 Å². The van der Waals surface area contributed by atoms with Crippen LogP contribution in [-0.4, -0.2) is 23.9 Å². The third kappa shape index (κ3) is 1.82. The van der Waals surface area contributed by atoms with Gasteiger partial charge in [0.15, 0.2) is 0 Å². The summed E-state index contributed by atoms with van der Waals surface area (Å²) in [5.74, 6) is -3.54. The summed E-state index contributed by atoms with van der Waals surface area (Å²) in [5.41, 5.74) is 0.123. The highest BCUT2D eigenvalue weighted by Crippen LogP contribution is 2.36. The molecule has 6 nitrogen and oxygen atoms in total. The number of hydrogen-bond acceptors (Lipinski definition) is 6. The Hall–Kier alpha value is -2.76. The minimum Gasteiger partial charge on any atom is -0.386 e. The molecule has 2 aliphatic heterocycles. The van der Waals surface area contributed by atoms with E-state index >= 15 is 0 Å². The molecule has 0 saturated heterocycles. The molecule has 0 fully saturated rings. The van der Waals surface area contributed by atoms with Gasteiger partial charge in [-0.3, -0.25) is 0 Å². The van der Waals surface area contributed by atoms with E-state index in [1.165, 1.54) is 13.8 Å². The molecule has 0 aromatic heterocycles. The van der Waals surface area contributed by atoms with Crippen molar-refractivity contribution >= 4 is 23.9 Å². The van der Waals surface area contributed by atoms with Gasteiger partial charge in [0.25, 0.3) is 0 Å². The normalized spacial score (nSPS) is 20.5. The summed E-state index contributed by atoms with van der Waals surface area (Å²) in [5, 5.41) is 0. The molecule has 2 heterocycles. The monoisotopic (exact) mass is 274 g/mol. The fraction of sp³-hybridized carbons (Fsp3) is 0.143. The number of esters is 4. The van der Waals surface area contributed by atoms with Crippen molar-refractivity contribution in [2.24, 2.45) is 0 Å². The molecule has 0 saturated carbocycles. The summed E-state index contributed by atoms with van der Waals surface area (Å²) in [6.07, 6.45) is 0. The summed E-state index contributed by atoms with van der Waals surface area (Å²) >= 11 is 0. The zero-order valence-corrected chi connectivity index (χ0v) is 10.9. The van der Waals surface area contributed by atoms with Crippen LogP contribution in [0.4, 0.5) is 0 Å². The van der Waals surface area contributed by atoms with Gasteiger partial charge in [-0.2, -0.15) is 0 Å². The lowest BCUT2D eigenvalue weighted by atomic mass is 9.84. The Labute approximate surface area is 114 Å². The number of carbonyl (C=O) groups is 4. The predicted octanol–water partition coefficient (Wildman–Crippen LogP) is 0.899. The highest BCUT2D eigenvalue weighted by molar-refractivity contribution is 6.16. The molecule has 0 aromatic carbocycles. The van der Waals surface area contributed by atoms with Crippen molar-refractivity contribution in [1.82, 2.24) is 0 Å². The van der Waals surface area contributed by atoms with Crippen LogP contribution < -0.4 is 0 Å². The second kappa shape index (κ2) is 4.41. The number of carbonyl (C=O) groups excluding carboxylic acids is 4. The Balaban J connectivity index is 2.76. The van der Waals surface area contributed by atoms with E-state index in [0.29, 0.717) is 0 Å². The highest BCUT2D eigenvalue weighted by atomic mass is 16.6. The van der Waals surface area contributed by atoms with Crippen molar-refractivity contribution in [1.29, 1.82) is 0 Å². The van der Waals surface area contributed by atoms with E-state index in [4.69, 9.17) is 0 Å². The van der Waals surface area contributed by atoms with Crippen molar-refractivity contribution in [3.05, 3.63) is 46.6 Å². The Bertz CT molecular complexity index is 626. The Morgan fingerprint density at radius 1 is 0.650 bits per heavy atom. The van der Waals surface area contributed by atoms with Crippen LogP contribution in [0.15, 0.2) is 46.6 Å². The van der Waals surface area contributed by atoms with Crippen molar-refractivity contribution in [2.45, 2.75) is 13.8 Å². The summed E-state index contributed by atoms with van der Waals surface area (Å²) in [6.45, 7) is 9.88. The van der Waals surface area contributed by atoms with E-state index in [9.17, 15) is 19.2 Å². The van der Waals surface area contributed by atoms with Gasteiger partial charge in [0, 0.05) is 22.3 Å². The van der Waals surface area contributed by atoms with Crippen LogP contribution in [0.2, 0.25) is 0 Å². The quantitative estimate of drug-likeness (QED) is 0.401. The molecule has 102 valence electrons. The van der Waals surface area contributed by atoms with Crippen molar-refractivity contribution in [3.8, 4) is 0 Å². The van der Waals surface area contributed by atoms with E-state index in [1.807, 2.05) is 0 Å². The first-order valence-electron chi connectivity index (χ1n) is 5.59. The zero-order chi connectivity index (χ0) is 15.2. The first-order chi connectivity index (χ1) is 9.25. The molecular weight excluding hydrogens is 264 g/mol. The van der Waals surface area contributed by atoms with Crippen LogP contribution in [0.25, 0.3) is 0 Å². The molecule has 0 atom stereocenters. The Morgan fingerprint density at radius 3 is 1.25 bits per heavy atom. The standard InChI is InChI=1S/C14H10O6/c1-5-9(6(2)12(16)19-11(5)15)10-7(3)13(17)20-14(18)8(10)4/h1,3H2,2,4H3. The van der Waals surface area contributed by atoms with Gasteiger partial charge >= 0.3 is 23.9 Å². The van der Waals surface area contributed by atoms with E-state index in [2.05, 4.69) is 22.6 Å². The summed E-state index contributed by atoms with van der Waals surface area (Å²) < 4.78 is 8.93. The van der Waals surface area contributed by atoms with Crippen LogP contribution in [0.3, 0.4) is 0 Å². The van der Waals surface area contributed by atoms with E-state index in [-0.39, 0.29) is 33.4 Å². The van der Waals surface area contributed by atoms with Crippen LogP contribution in [-0.2, 0) is 28.7 Å². The van der Waals surface area contributed by atoms with Crippen molar-refractivity contribution < 1.29 is 28.7 Å². The average molecular weight is 274 g/mol. The van der Waals surface area contributed by atoms with E-state index in [0.717, 1.165) is 0 Å². The molecule has 2 rings (SSSR count). The smallest absolute Gasteiger partial charge is 0.346 e. The number of ether oxygens (including phenoxy) is 2. The molecule has 0 spiro atoms. The Morgan fingerprint density at radius 2 is 0.950 bits per heavy atom. The molecule has 20 heavy (non-hydrogen) atoms. The summed E-state index contributed by atoms with van der Waals surface area (Å²) in [7, 11) is 0. The fourth-order valence-corrected chi connectivity index (χ4v) is 1.98. The van der Waals surface area contributed by atoms with Gasteiger partial charge in [0.2, 0.25) is 0 Å². The average Bonchev–Trinajstić information content (AvgIpc) is 2.38. The van der Waals surface area contributed by atoms with Crippen LogP contribution in [0, 0.1) is 0 Å². The molecule has 2 aliphatic rings. The molecule has 0 radical (unpaired) electrons. The lowest BCUT2D eigenvalue weighted by Gasteiger charge is -2.24. The lowest BCUT2D eigenvalue weighted by Crippen LogP contribution is -2.29. The lowest BCUT2D eigenvalue weighted by molar-refractivity contribution is -0.157. The molecular formula is C14H10O6. The first-order valence-corrected chi connectivity index (χ1v) is 5.59. The highest BCUT2D eigenvalue weighted by Gasteiger charge is 2.37. The predicted molar refractivity (Wildman–Crippen MR) is 65.9 cm³/mol. The second-order valence-electron chi connectivity index (χ2n) is 4.31. The van der Waals surface area contributed by atoms with E-state index in [1.54, 1.807) is 0 Å². The number of hydrogen-bond donors (Lipinski definition) is 0. The third-order valence-corrected chi connectivity index (χ3v) is 3.08. The zero-order valence-electron chi connectivity index (χ0n) is 10.9. The van der Waals surface area contributed by atoms with Gasteiger partial charge in [-0.05, 0) is 13.8 Å². The maximum absolute atomic E-state index is 11.6. The summed E-state index contributed by atoms with van der Waals surface area (Å²) in [6, 6.07) is 0. The fourth-order valence-electron chi connectivity index (χ4n) is 1.98. The summed E-state index contributed by atoms with van der Waals surface area (Å²) in [4.78, 5) is 46.3. The van der Waals surface area contributed by atoms with Crippen LogP contribution >= 0.6 is 0 Å². The van der Waals surface area contributed by atoms with E-state index < -0.39 is 23.9 Å². The maximum atomic E-state index is 11.6. The van der Waals surface area contributed by atoms with Gasteiger partial charge < -0.3 is 9.47 Å². The van der Waals surface area contributed by atoms with Crippen LogP contribution in [0.1, 0.15) is 13.8 Å². The minimum atomic E-state index is -0.921. The third-order valence-electron chi connectivity index (χ3n) is 3.08. The molecule has 0 N–H and O–H groups in total. The molecule has 0 aliphatic carbocycles. The van der Waals surface area contributed by atoms with Crippen molar-refractivity contribution in [2.75, 3.05) is 0 Å². The first kappa shape index (κ1) is 13.7. The Kier molecular flexibility index (Phi) is 3.01. The van der Waals surface area contributed by atoms with Gasteiger partial charge in [-0.15, -0.1) is 0 Å². The number of cyclic esters (lactones) is 4. The molecule has 6 heteroatoms. The molecule has 0 amide bonds. The van der Waals surface area contributed by atoms with Gasteiger partial charge in [-0.25, -0.2) is 19.2 Å².